The molecule has 2 heteroatoms. The van der Waals surface area contributed by atoms with E-state index in [0.29, 0.717) is 0 Å². The molecule has 0 aromatic carbocycles. The highest BCUT2D eigenvalue weighted by Gasteiger charge is 2.04. The van der Waals surface area contributed by atoms with Gasteiger partial charge in [0.05, 0.1) is 0 Å². The highest BCUT2D eigenvalue weighted by Crippen LogP contribution is 1.93. The normalized spacial score (nSPS) is 11.9. The van der Waals surface area contributed by atoms with Crippen LogP contribution < -0.4 is 5.32 Å². The van der Waals surface area contributed by atoms with E-state index in [4.69, 9.17) is 0 Å². The molecule has 1 amide bonds. The van der Waals surface area contributed by atoms with E-state index in [1.807, 2.05) is 33.8 Å². The first-order valence-corrected chi connectivity index (χ1v) is 3.51. The van der Waals surface area contributed by atoms with Gasteiger partial charge >= 0.3 is 0 Å². The van der Waals surface area contributed by atoms with Crippen molar-refractivity contribution < 1.29 is 4.79 Å². The molecule has 0 radical (unpaired) electrons. The van der Waals surface area contributed by atoms with Crippen molar-refractivity contribution in [3.05, 3.63) is 11.8 Å². The first kappa shape index (κ1) is 9.21. The first-order chi connectivity index (χ1) is 4.57. The minimum Gasteiger partial charge on any atom is -0.330 e. The highest BCUT2D eigenvalue weighted by atomic mass is 16.1. The molecule has 0 spiro atoms. The van der Waals surface area contributed by atoms with Crippen LogP contribution in [0.4, 0.5) is 0 Å². The van der Waals surface area contributed by atoms with Gasteiger partial charge in [0.25, 0.3) is 0 Å². The van der Waals surface area contributed by atoms with Crippen molar-refractivity contribution in [2.45, 2.75) is 27.7 Å². The summed E-state index contributed by atoms with van der Waals surface area (Å²) in [4.78, 5) is 11.0. The summed E-state index contributed by atoms with van der Waals surface area (Å²) in [6, 6.07) is 0. The maximum atomic E-state index is 11.0. The number of hydrogen-bond donors (Lipinski definition) is 1. The molecule has 0 saturated carbocycles. The van der Waals surface area contributed by atoms with E-state index >= 15 is 0 Å². The van der Waals surface area contributed by atoms with E-state index < -0.39 is 0 Å². The van der Waals surface area contributed by atoms with Crippen LogP contribution in [0, 0.1) is 5.92 Å². The third kappa shape index (κ3) is 3.28. The molecule has 0 aromatic heterocycles. The fraction of sp³-hybridized carbons (Fsp3) is 0.625. The van der Waals surface area contributed by atoms with E-state index in [-0.39, 0.29) is 11.8 Å². The van der Waals surface area contributed by atoms with Crippen molar-refractivity contribution >= 4 is 5.91 Å². The van der Waals surface area contributed by atoms with Gasteiger partial charge in [-0.1, -0.05) is 19.9 Å². The Morgan fingerprint density at radius 2 is 2.00 bits per heavy atom. The van der Waals surface area contributed by atoms with Crippen LogP contribution in [-0.4, -0.2) is 5.91 Å². The molecular weight excluding hydrogens is 126 g/mol. The van der Waals surface area contributed by atoms with Crippen LogP contribution in [0.1, 0.15) is 27.7 Å². The monoisotopic (exact) mass is 141 g/mol. The van der Waals surface area contributed by atoms with Crippen molar-refractivity contribution in [1.82, 2.24) is 5.32 Å². The van der Waals surface area contributed by atoms with Crippen LogP contribution in [0.5, 0.6) is 0 Å². The second-order valence-corrected chi connectivity index (χ2v) is 2.62. The van der Waals surface area contributed by atoms with E-state index in [1.54, 1.807) is 0 Å². The predicted molar refractivity (Wildman–Crippen MR) is 42.4 cm³/mol. The Morgan fingerprint density at radius 3 is 2.30 bits per heavy atom. The average molecular weight is 141 g/mol. The van der Waals surface area contributed by atoms with Gasteiger partial charge in [0.15, 0.2) is 0 Å². The number of hydrogen-bond acceptors (Lipinski definition) is 1. The molecule has 0 rings (SSSR count). The lowest BCUT2D eigenvalue weighted by molar-refractivity contribution is -0.123. The third-order valence-electron chi connectivity index (χ3n) is 1.28. The number of allylic oxidation sites excluding steroid dienone is 2. The summed E-state index contributed by atoms with van der Waals surface area (Å²) in [5, 5.41) is 2.75. The highest BCUT2D eigenvalue weighted by molar-refractivity contribution is 5.79. The van der Waals surface area contributed by atoms with Gasteiger partial charge < -0.3 is 5.32 Å². The third-order valence-corrected chi connectivity index (χ3v) is 1.28. The summed E-state index contributed by atoms with van der Waals surface area (Å²) in [7, 11) is 0. The van der Waals surface area contributed by atoms with Crippen molar-refractivity contribution in [3.63, 3.8) is 0 Å². The van der Waals surface area contributed by atoms with Gasteiger partial charge in [-0.3, -0.25) is 4.79 Å². The molecule has 1 N–H and O–H groups in total. The Morgan fingerprint density at radius 1 is 1.50 bits per heavy atom. The van der Waals surface area contributed by atoms with Gasteiger partial charge in [0.2, 0.25) is 5.91 Å². The summed E-state index contributed by atoms with van der Waals surface area (Å²) in [6.45, 7) is 7.52. The largest absolute Gasteiger partial charge is 0.330 e. The molecule has 0 aliphatic heterocycles. The second-order valence-electron chi connectivity index (χ2n) is 2.62. The maximum Gasteiger partial charge on any atom is 0.226 e. The van der Waals surface area contributed by atoms with Crippen molar-refractivity contribution in [3.8, 4) is 0 Å². The zero-order chi connectivity index (χ0) is 8.15. The number of nitrogens with one attached hydrogen (secondary N) is 1. The van der Waals surface area contributed by atoms with Crippen LogP contribution in [0.2, 0.25) is 0 Å². The number of rotatable bonds is 2. The van der Waals surface area contributed by atoms with Gasteiger partial charge in [0, 0.05) is 11.6 Å². The van der Waals surface area contributed by atoms with Crippen molar-refractivity contribution in [2.75, 3.05) is 0 Å². The zero-order valence-corrected chi connectivity index (χ0v) is 7.06. The Bertz CT molecular complexity index is 147. The van der Waals surface area contributed by atoms with Gasteiger partial charge in [-0.05, 0) is 13.8 Å². The van der Waals surface area contributed by atoms with E-state index in [9.17, 15) is 4.79 Å². The Kier molecular flexibility index (Phi) is 3.77. The van der Waals surface area contributed by atoms with Crippen LogP contribution in [-0.2, 0) is 4.79 Å². The Balaban J connectivity index is 3.81. The van der Waals surface area contributed by atoms with Gasteiger partial charge in [-0.15, -0.1) is 0 Å². The number of amides is 1. The minimum atomic E-state index is 0.0647. The molecule has 58 valence electrons. The predicted octanol–water partition coefficient (Wildman–Crippen LogP) is 1.68. The molecular formula is C8H15NO. The topological polar surface area (TPSA) is 29.1 Å². The SMILES string of the molecule is CC=C(C)NC(=O)C(C)C. The Labute approximate surface area is 62.3 Å². The number of carbonyl (C=O) groups excluding carboxylic acids is 1. The summed E-state index contributed by atoms with van der Waals surface area (Å²) >= 11 is 0. The first-order valence-electron chi connectivity index (χ1n) is 3.51. The molecule has 0 saturated heterocycles. The van der Waals surface area contributed by atoms with E-state index in [1.165, 1.54) is 0 Å². The van der Waals surface area contributed by atoms with Gasteiger partial charge in [-0.25, -0.2) is 0 Å². The zero-order valence-electron chi connectivity index (χ0n) is 7.06. The van der Waals surface area contributed by atoms with Crippen molar-refractivity contribution in [2.24, 2.45) is 5.92 Å². The summed E-state index contributed by atoms with van der Waals surface area (Å²) in [5.74, 6) is 0.144. The van der Waals surface area contributed by atoms with E-state index in [0.717, 1.165) is 5.70 Å². The van der Waals surface area contributed by atoms with Crippen LogP contribution in [0.3, 0.4) is 0 Å². The minimum absolute atomic E-state index is 0.0647. The van der Waals surface area contributed by atoms with Crippen LogP contribution in [0.25, 0.3) is 0 Å². The smallest absolute Gasteiger partial charge is 0.226 e. The molecule has 2 nitrogen and oxygen atoms in total. The summed E-state index contributed by atoms with van der Waals surface area (Å²) in [5.41, 5.74) is 0.915. The Hall–Kier alpha value is -0.790. The maximum absolute atomic E-state index is 11.0. The fourth-order valence-corrected chi connectivity index (χ4v) is 0.411. The quantitative estimate of drug-likeness (QED) is 0.623. The molecule has 0 atom stereocenters. The fourth-order valence-electron chi connectivity index (χ4n) is 0.411. The second kappa shape index (κ2) is 4.09. The van der Waals surface area contributed by atoms with Gasteiger partial charge in [-0.2, -0.15) is 0 Å². The molecule has 0 aliphatic carbocycles. The lowest BCUT2D eigenvalue weighted by atomic mass is 10.2. The molecule has 0 heterocycles. The standard InChI is InChI=1S/C8H15NO/c1-5-7(4)9-8(10)6(2)3/h5-6H,1-4H3,(H,9,10). The molecule has 0 fully saturated rings. The summed E-state index contributed by atoms with van der Waals surface area (Å²) < 4.78 is 0. The molecule has 0 unspecified atom stereocenters. The van der Waals surface area contributed by atoms with Crippen LogP contribution >= 0.6 is 0 Å². The van der Waals surface area contributed by atoms with E-state index in [2.05, 4.69) is 5.32 Å². The molecule has 0 aliphatic rings. The lowest BCUT2D eigenvalue weighted by Crippen LogP contribution is -2.25. The van der Waals surface area contributed by atoms with Crippen LogP contribution in [0.15, 0.2) is 11.8 Å². The number of carbonyl (C=O) groups is 1. The summed E-state index contributed by atoms with van der Waals surface area (Å²) in [6.07, 6.45) is 1.88. The van der Waals surface area contributed by atoms with Crippen molar-refractivity contribution in [1.29, 1.82) is 0 Å². The molecule has 0 aromatic rings. The van der Waals surface area contributed by atoms with Gasteiger partial charge in [0.1, 0.15) is 0 Å². The lowest BCUT2D eigenvalue weighted by Gasteiger charge is -2.06. The average Bonchev–Trinajstić information content (AvgIpc) is 1.87. The molecule has 0 bridgehead atoms. The molecule has 10 heavy (non-hydrogen) atoms.